The standard InChI is InChI=1S/C17H18O2/c1-13-11-16(19)17(2,12-15(13)18)10-6-9-14-7-4-3-5-8-14/h3-9,11H,10,12H2,1-2H3/b9-6+. The van der Waals surface area contributed by atoms with Gasteiger partial charge in [-0.3, -0.25) is 9.59 Å². The first-order valence-corrected chi connectivity index (χ1v) is 6.49. The Bertz CT molecular complexity index is 552. The third-order valence-electron chi connectivity index (χ3n) is 3.61. The number of rotatable bonds is 3. The van der Waals surface area contributed by atoms with Crippen molar-refractivity contribution in [2.75, 3.05) is 0 Å². The second kappa shape index (κ2) is 5.35. The van der Waals surface area contributed by atoms with E-state index in [-0.39, 0.29) is 11.6 Å². The van der Waals surface area contributed by atoms with E-state index in [1.165, 1.54) is 6.08 Å². The maximum Gasteiger partial charge on any atom is 0.162 e. The summed E-state index contributed by atoms with van der Waals surface area (Å²) < 4.78 is 0. The minimum Gasteiger partial charge on any atom is -0.295 e. The third-order valence-corrected chi connectivity index (χ3v) is 3.61. The highest BCUT2D eigenvalue weighted by Gasteiger charge is 2.36. The van der Waals surface area contributed by atoms with Gasteiger partial charge in [0.15, 0.2) is 11.6 Å². The van der Waals surface area contributed by atoms with Gasteiger partial charge in [0.25, 0.3) is 0 Å². The monoisotopic (exact) mass is 254 g/mol. The Hall–Kier alpha value is -1.96. The number of benzene rings is 1. The van der Waals surface area contributed by atoms with Crippen LogP contribution in [0.25, 0.3) is 6.08 Å². The van der Waals surface area contributed by atoms with E-state index in [2.05, 4.69) is 0 Å². The molecule has 1 aromatic carbocycles. The Morgan fingerprint density at radius 3 is 2.58 bits per heavy atom. The van der Waals surface area contributed by atoms with Gasteiger partial charge in [0.1, 0.15) is 0 Å². The van der Waals surface area contributed by atoms with Gasteiger partial charge in [0.05, 0.1) is 0 Å². The zero-order valence-electron chi connectivity index (χ0n) is 11.3. The van der Waals surface area contributed by atoms with Crippen molar-refractivity contribution in [1.29, 1.82) is 0 Å². The summed E-state index contributed by atoms with van der Waals surface area (Å²) in [6.45, 7) is 3.57. The van der Waals surface area contributed by atoms with Crippen molar-refractivity contribution in [2.24, 2.45) is 5.41 Å². The highest BCUT2D eigenvalue weighted by molar-refractivity contribution is 6.10. The molecule has 2 rings (SSSR count). The molecule has 19 heavy (non-hydrogen) atoms. The van der Waals surface area contributed by atoms with E-state index in [0.29, 0.717) is 18.4 Å². The molecule has 0 heterocycles. The summed E-state index contributed by atoms with van der Waals surface area (Å²) in [5, 5.41) is 0. The summed E-state index contributed by atoms with van der Waals surface area (Å²) in [4.78, 5) is 23.8. The molecule has 0 N–H and O–H groups in total. The predicted octanol–water partition coefficient (Wildman–Crippen LogP) is 3.58. The maximum absolute atomic E-state index is 12.1. The highest BCUT2D eigenvalue weighted by Crippen LogP contribution is 2.34. The zero-order chi connectivity index (χ0) is 13.9. The van der Waals surface area contributed by atoms with Crippen LogP contribution in [0.3, 0.4) is 0 Å². The minimum atomic E-state index is -0.581. The van der Waals surface area contributed by atoms with Crippen LogP contribution in [-0.4, -0.2) is 11.6 Å². The molecule has 98 valence electrons. The van der Waals surface area contributed by atoms with Gasteiger partial charge in [-0.05, 0) is 30.6 Å². The second-order valence-electron chi connectivity index (χ2n) is 5.37. The van der Waals surface area contributed by atoms with Gasteiger partial charge in [-0.25, -0.2) is 0 Å². The van der Waals surface area contributed by atoms with Crippen molar-refractivity contribution < 1.29 is 9.59 Å². The number of allylic oxidation sites excluding steroid dienone is 3. The Kier molecular flexibility index (Phi) is 3.79. The van der Waals surface area contributed by atoms with E-state index >= 15 is 0 Å². The molecule has 0 spiro atoms. The molecule has 0 aliphatic heterocycles. The van der Waals surface area contributed by atoms with Crippen LogP contribution in [0.5, 0.6) is 0 Å². The normalized spacial score (nSPS) is 23.8. The van der Waals surface area contributed by atoms with Crippen LogP contribution in [0.2, 0.25) is 0 Å². The summed E-state index contributed by atoms with van der Waals surface area (Å²) in [5.41, 5.74) is 1.10. The molecular formula is C17H18O2. The fourth-order valence-electron chi connectivity index (χ4n) is 2.22. The lowest BCUT2D eigenvalue weighted by Gasteiger charge is -2.28. The maximum atomic E-state index is 12.1. The molecule has 2 heteroatoms. The molecule has 0 radical (unpaired) electrons. The largest absolute Gasteiger partial charge is 0.295 e. The van der Waals surface area contributed by atoms with E-state index < -0.39 is 5.41 Å². The lowest BCUT2D eigenvalue weighted by Crippen LogP contribution is -2.33. The predicted molar refractivity (Wildman–Crippen MR) is 76.6 cm³/mol. The number of ketones is 2. The van der Waals surface area contributed by atoms with E-state index in [0.717, 1.165) is 5.56 Å². The van der Waals surface area contributed by atoms with E-state index in [9.17, 15) is 9.59 Å². The average molecular weight is 254 g/mol. The van der Waals surface area contributed by atoms with Crippen LogP contribution < -0.4 is 0 Å². The summed E-state index contributed by atoms with van der Waals surface area (Å²) in [6.07, 6.45) is 6.37. The molecule has 0 aromatic heterocycles. The van der Waals surface area contributed by atoms with E-state index in [1.807, 2.05) is 49.4 Å². The van der Waals surface area contributed by atoms with Crippen molar-refractivity contribution >= 4 is 17.6 Å². The van der Waals surface area contributed by atoms with E-state index in [1.54, 1.807) is 6.92 Å². The summed E-state index contributed by atoms with van der Waals surface area (Å²) in [5.74, 6) is 0.137. The van der Waals surface area contributed by atoms with Crippen molar-refractivity contribution in [1.82, 2.24) is 0 Å². The number of hydrogen-bond donors (Lipinski definition) is 0. The number of hydrogen-bond acceptors (Lipinski definition) is 2. The topological polar surface area (TPSA) is 34.1 Å². The number of carbonyl (C=O) groups is 2. The molecule has 1 unspecified atom stereocenters. The van der Waals surface area contributed by atoms with Crippen LogP contribution in [0.1, 0.15) is 32.3 Å². The molecule has 0 amide bonds. The van der Waals surface area contributed by atoms with Gasteiger partial charge >= 0.3 is 0 Å². The molecule has 1 atom stereocenters. The Labute approximate surface area is 113 Å². The van der Waals surface area contributed by atoms with Crippen molar-refractivity contribution in [3.63, 3.8) is 0 Å². The van der Waals surface area contributed by atoms with Crippen LogP contribution in [-0.2, 0) is 9.59 Å². The molecule has 1 aliphatic carbocycles. The Morgan fingerprint density at radius 1 is 1.21 bits per heavy atom. The van der Waals surface area contributed by atoms with Gasteiger partial charge in [0, 0.05) is 11.8 Å². The summed E-state index contributed by atoms with van der Waals surface area (Å²) in [7, 11) is 0. The second-order valence-corrected chi connectivity index (χ2v) is 5.37. The molecule has 0 bridgehead atoms. The molecular weight excluding hydrogens is 236 g/mol. The van der Waals surface area contributed by atoms with Gasteiger partial charge < -0.3 is 0 Å². The lowest BCUT2D eigenvalue weighted by atomic mass is 9.73. The van der Waals surface area contributed by atoms with Crippen molar-refractivity contribution in [3.8, 4) is 0 Å². The fourth-order valence-corrected chi connectivity index (χ4v) is 2.22. The first-order valence-electron chi connectivity index (χ1n) is 6.49. The first kappa shape index (κ1) is 13.5. The zero-order valence-corrected chi connectivity index (χ0v) is 11.3. The molecule has 0 saturated heterocycles. The Morgan fingerprint density at radius 2 is 1.89 bits per heavy atom. The van der Waals surface area contributed by atoms with Crippen molar-refractivity contribution in [3.05, 3.63) is 53.6 Å². The Balaban J connectivity index is 2.09. The molecule has 2 nitrogen and oxygen atoms in total. The van der Waals surface area contributed by atoms with E-state index in [4.69, 9.17) is 0 Å². The summed E-state index contributed by atoms with van der Waals surface area (Å²) >= 11 is 0. The lowest BCUT2D eigenvalue weighted by molar-refractivity contribution is -0.130. The van der Waals surface area contributed by atoms with Gasteiger partial charge in [-0.2, -0.15) is 0 Å². The summed E-state index contributed by atoms with van der Waals surface area (Å²) in [6, 6.07) is 9.94. The van der Waals surface area contributed by atoms with Crippen molar-refractivity contribution in [2.45, 2.75) is 26.7 Å². The van der Waals surface area contributed by atoms with Crippen LogP contribution >= 0.6 is 0 Å². The molecule has 1 aliphatic rings. The molecule has 1 aromatic rings. The SMILES string of the molecule is CC1=CC(=O)C(C)(C/C=C/c2ccccc2)CC1=O. The quantitative estimate of drug-likeness (QED) is 0.826. The first-order chi connectivity index (χ1) is 9.01. The van der Waals surface area contributed by atoms with Crippen LogP contribution in [0.15, 0.2) is 48.1 Å². The molecule has 0 saturated carbocycles. The average Bonchev–Trinajstić information content (AvgIpc) is 2.38. The number of carbonyl (C=O) groups excluding carboxylic acids is 2. The number of Topliss-reactive ketones (excluding diaryl/α,β-unsaturated/α-hetero) is 1. The fraction of sp³-hybridized carbons (Fsp3) is 0.294. The third kappa shape index (κ3) is 3.08. The van der Waals surface area contributed by atoms with Crippen LogP contribution in [0, 0.1) is 5.41 Å². The molecule has 0 fully saturated rings. The van der Waals surface area contributed by atoms with Crippen LogP contribution in [0.4, 0.5) is 0 Å². The minimum absolute atomic E-state index is 0.0577. The highest BCUT2D eigenvalue weighted by atomic mass is 16.1. The van der Waals surface area contributed by atoms with Gasteiger partial charge in [0.2, 0.25) is 0 Å². The van der Waals surface area contributed by atoms with Gasteiger partial charge in [-0.15, -0.1) is 0 Å². The smallest absolute Gasteiger partial charge is 0.162 e. The van der Waals surface area contributed by atoms with Gasteiger partial charge in [-0.1, -0.05) is 49.4 Å².